The second-order valence-electron chi connectivity index (χ2n) is 4.64. The van der Waals surface area contributed by atoms with Gasteiger partial charge in [-0.3, -0.25) is 0 Å². The molecule has 2 rings (SSSR count). The molecule has 0 bridgehead atoms. The Morgan fingerprint density at radius 2 is 1.84 bits per heavy atom. The molecular formula is C16H18ClNO. The smallest absolute Gasteiger partial charge is 0.0638 e. The zero-order valence-corrected chi connectivity index (χ0v) is 11.6. The van der Waals surface area contributed by atoms with Gasteiger partial charge >= 0.3 is 0 Å². The Hall–Kier alpha value is -1.51. The van der Waals surface area contributed by atoms with Crippen LogP contribution in [0.2, 0.25) is 5.02 Å². The zero-order valence-electron chi connectivity index (χ0n) is 10.9. The number of hydrogen-bond donors (Lipinski definition) is 2. The number of nitrogens with one attached hydrogen (secondary N) is 1. The Labute approximate surface area is 119 Å². The third-order valence-corrected chi connectivity index (χ3v) is 3.54. The van der Waals surface area contributed by atoms with Crippen LogP contribution in [0.15, 0.2) is 54.6 Å². The van der Waals surface area contributed by atoms with Gasteiger partial charge < -0.3 is 10.4 Å². The Balaban J connectivity index is 2.12. The molecule has 2 N–H and O–H groups in total. The van der Waals surface area contributed by atoms with E-state index in [-0.39, 0.29) is 18.6 Å². The molecule has 2 unspecified atom stereocenters. The maximum absolute atomic E-state index is 9.59. The van der Waals surface area contributed by atoms with E-state index < -0.39 is 0 Å². The molecule has 2 nitrogen and oxygen atoms in total. The van der Waals surface area contributed by atoms with Crippen LogP contribution in [0.1, 0.15) is 18.4 Å². The molecule has 0 amide bonds. The van der Waals surface area contributed by atoms with Crippen molar-refractivity contribution in [3.63, 3.8) is 0 Å². The summed E-state index contributed by atoms with van der Waals surface area (Å²) in [6.07, 6.45) is 0. The van der Waals surface area contributed by atoms with Gasteiger partial charge in [0.1, 0.15) is 0 Å². The number of aliphatic hydroxyl groups is 1. The van der Waals surface area contributed by atoms with E-state index >= 15 is 0 Å². The van der Waals surface area contributed by atoms with Gasteiger partial charge in [-0.1, -0.05) is 54.9 Å². The Morgan fingerprint density at radius 1 is 1.11 bits per heavy atom. The van der Waals surface area contributed by atoms with Crippen molar-refractivity contribution in [1.82, 2.24) is 0 Å². The summed E-state index contributed by atoms with van der Waals surface area (Å²) in [4.78, 5) is 0. The predicted molar refractivity (Wildman–Crippen MR) is 80.8 cm³/mol. The summed E-state index contributed by atoms with van der Waals surface area (Å²) in [7, 11) is 0. The van der Waals surface area contributed by atoms with Crippen molar-refractivity contribution in [3.8, 4) is 0 Å². The lowest BCUT2D eigenvalue weighted by molar-refractivity contribution is 0.262. The van der Waals surface area contributed by atoms with E-state index in [1.165, 1.54) is 5.56 Å². The third kappa shape index (κ3) is 3.72. The number of anilines is 1. The maximum Gasteiger partial charge on any atom is 0.0638 e. The lowest BCUT2D eigenvalue weighted by atomic mass is 9.93. The van der Waals surface area contributed by atoms with Crippen molar-refractivity contribution in [2.24, 2.45) is 0 Å². The van der Waals surface area contributed by atoms with Crippen molar-refractivity contribution >= 4 is 17.3 Å². The molecule has 0 aliphatic heterocycles. The first-order chi connectivity index (χ1) is 9.20. The molecule has 0 saturated heterocycles. The summed E-state index contributed by atoms with van der Waals surface area (Å²) < 4.78 is 0. The average molecular weight is 276 g/mol. The maximum atomic E-state index is 9.59. The van der Waals surface area contributed by atoms with E-state index in [9.17, 15) is 5.11 Å². The van der Waals surface area contributed by atoms with Gasteiger partial charge in [0.25, 0.3) is 0 Å². The molecule has 2 aromatic carbocycles. The second kappa shape index (κ2) is 6.60. The first-order valence-corrected chi connectivity index (χ1v) is 6.76. The summed E-state index contributed by atoms with van der Waals surface area (Å²) in [6, 6.07) is 17.7. The standard InChI is InChI=1S/C16H18ClNO/c1-12(13-6-3-2-4-7-13)16(11-19)18-15-9-5-8-14(17)10-15/h2-10,12,16,18-19H,11H2,1H3. The summed E-state index contributed by atoms with van der Waals surface area (Å²) in [5, 5.41) is 13.6. The van der Waals surface area contributed by atoms with Crippen LogP contribution < -0.4 is 5.32 Å². The molecule has 3 heteroatoms. The lowest BCUT2D eigenvalue weighted by Gasteiger charge is -2.24. The van der Waals surface area contributed by atoms with Crippen LogP contribution in [0.3, 0.4) is 0 Å². The average Bonchev–Trinajstić information content (AvgIpc) is 2.45. The van der Waals surface area contributed by atoms with Crippen molar-refractivity contribution in [3.05, 3.63) is 65.2 Å². The van der Waals surface area contributed by atoms with Crippen LogP contribution >= 0.6 is 11.6 Å². The molecule has 0 saturated carbocycles. The Kier molecular flexibility index (Phi) is 4.83. The fourth-order valence-electron chi connectivity index (χ4n) is 2.11. The van der Waals surface area contributed by atoms with Crippen molar-refractivity contribution in [2.45, 2.75) is 18.9 Å². The number of benzene rings is 2. The molecule has 0 aliphatic rings. The number of halogens is 1. The highest BCUT2D eigenvalue weighted by atomic mass is 35.5. The van der Waals surface area contributed by atoms with E-state index in [1.807, 2.05) is 42.5 Å². The summed E-state index contributed by atoms with van der Waals surface area (Å²) in [5.74, 6) is 0.213. The summed E-state index contributed by atoms with van der Waals surface area (Å²) >= 11 is 5.97. The third-order valence-electron chi connectivity index (χ3n) is 3.30. The summed E-state index contributed by atoms with van der Waals surface area (Å²) in [5.41, 5.74) is 2.13. The van der Waals surface area contributed by atoms with Crippen LogP contribution in [-0.2, 0) is 0 Å². The normalized spacial score (nSPS) is 13.8. The molecule has 2 atom stereocenters. The fourth-order valence-corrected chi connectivity index (χ4v) is 2.30. The van der Waals surface area contributed by atoms with E-state index in [1.54, 1.807) is 0 Å². The minimum atomic E-state index is -0.0409. The molecule has 100 valence electrons. The Morgan fingerprint density at radius 3 is 2.47 bits per heavy atom. The molecular weight excluding hydrogens is 258 g/mol. The highest BCUT2D eigenvalue weighted by molar-refractivity contribution is 6.30. The Bertz CT molecular complexity index is 515. The van der Waals surface area contributed by atoms with E-state index in [0.29, 0.717) is 5.02 Å². The first kappa shape index (κ1) is 13.9. The topological polar surface area (TPSA) is 32.3 Å². The number of aliphatic hydroxyl groups excluding tert-OH is 1. The minimum Gasteiger partial charge on any atom is -0.394 e. The van der Waals surface area contributed by atoms with Crippen LogP contribution in [0.25, 0.3) is 0 Å². The molecule has 0 spiro atoms. The van der Waals surface area contributed by atoms with Crippen LogP contribution in [-0.4, -0.2) is 17.8 Å². The molecule has 2 aromatic rings. The zero-order chi connectivity index (χ0) is 13.7. The van der Waals surface area contributed by atoms with Crippen molar-refractivity contribution in [2.75, 3.05) is 11.9 Å². The van der Waals surface area contributed by atoms with E-state index in [4.69, 9.17) is 11.6 Å². The largest absolute Gasteiger partial charge is 0.394 e. The van der Waals surface area contributed by atoms with Gasteiger partial charge in [-0.2, -0.15) is 0 Å². The molecule has 0 heterocycles. The predicted octanol–water partition coefficient (Wildman–Crippen LogP) is 3.92. The van der Waals surface area contributed by atoms with E-state index in [0.717, 1.165) is 5.69 Å². The van der Waals surface area contributed by atoms with Gasteiger partial charge in [0.15, 0.2) is 0 Å². The van der Waals surface area contributed by atoms with Crippen molar-refractivity contribution in [1.29, 1.82) is 0 Å². The highest BCUT2D eigenvalue weighted by Gasteiger charge is 2.17. The second-order valence-corrected chi connectivity index (χ2v) is 5.08. The van der Waals surface area contributed by atoms with Crippen LogP contribution in [0.4, 0.5) is 5.69 Å². The molecule has 19 heavy (non-hydrogen) atoms. The van der Waals surface area contributed by atoms with Gasteiger partial charge in [-0.05, 0) is 23.8 Å². The van der Waals surface area contributed by atoms with Gasteiger partial charge in [-0.25, -0.2) is 0 Å². The quantitative estimate of drug-likeness (QED) is 0.867. The molecule has 0 aliphatic carbocycles. The van der Waals surface area contributed by atoms with Gasteiger partial charge in [0.2, 0.25) is 0 Å². The van der Waals surface area contributed by atoms with Gasteiger partial charge in [-0.15, -0.1) is 0 Å². The fraction of sp³-hybridized carbons (Fsp3) is 0.250. The summed E-state index contributed by atoms with van der Waals surface area (Å²) in [6.45, 7) is 2.18. The number of hydrogen-bond acceptors (Lipinski definition) is 2. The van der Waals surface area contributed by atoms with Crippen LogP contribution in [0.5, 0.6) is 0 Å². The molecule has 0 radical (unpaired) electrons. The van der Waals surface area contributed by atoms with Gasteiger partial charge in [0, 0.05) is 16.6 Å². The minimum absolute atomic E-state index is 0.0409. The molecule has 0 fully saturated rings. The SMILES string of the molecule is CC(c1ccccc1)C(CO)Nc1cccc(Cl)c1. The van der Waals surface area contributed by atoms with Crippen molar-refractivity contribution < 1.29 is 5.11 Å². The van der Waals surface area contributed by atoms with Gasteiger partial charge in [0.05, 0.1) is 12.6 Å². The number of rotatable bonds is 5. The van der Waals surface area contributed by atoms with E-state index in [2.05, 4.69) is 24.4 Å². The highest BCUT2D eigenvalue weighted by Crippen LogP contribution is 2.23. The monoisotopic (exact) mass is 275 g/mol. The first-order valence-electron chi connectivity index (χ1n) is 6.38. The van der Waals surface area contributed by atoms with Crippen LogP contribution in [0, 0.1) is 0 Å². The molecule has 0 aromatic heterocycles. The lowest BCUT2D eigenvalue weighted by Crippen LogP contribution is -2.29.